The Hall–Kier alpha value is -2.56. The quantitative estimate of drug-likeness (QED) is 0.871. The fraction of sp³-hybridized carbons (Fsp3) is 0.333. The van der Waals surface area contributed by atoms with Gasteiger partial charge in [0.1, 0.15) is 13.2 Å². The Kier molecular flexibility index (Phi) is 4.46. The molecule has 0 unspecified atom stereocenters. The molecule has 2 aromatic rings. The fourth-order valence-electron chi connectivity index (χ4n) is 2.57. The predicted molar refractivity (Wildman–Crippen MR) is 86.7 cm³/mol. The van der Waals surface area contributed by atoms with E-state index in [1.165, 1.54) is 0 Å². The van der Waals surface area contributed by atoms with E-state index in [0.717, 1.165) is 5.56 Å². The van der Waals surface area contributed by atoms with Crippen molar-refractivity contribution in [3.8, 4) is 11.5 Å². The summed E-state index contributed by atoms with van der Waals surface area (Å²) in [4.78, 5) is 19.0. The molecule has 120 valence electrons. The number of rotatable bonds is 4. The first-order valence-corrected chi connectivity index (χ1v) is 7.75. The number of para-hydroxylation sites is 1. The van der Waals surface area contributed by atoms with Gasteiger partial charge in [0.2, 0.25) is 0 Å². The lowest BCUT2D eigenvalue weighted by Crippen LogP contribution is -2.37. The molecule has 0 aliphatic carbocycles. The van der Waals surface area contributed by atoms with Gasteiger partial charge >= 0.3 is 0 Å². The molecular formula is C18H20N2O3. The third-order valence-electron chi connectivity index (χ3n) is 3.76. The molecule has 5 heteroatoms. The van der Waals surface area contributed by atoms with Gasteiger partial charge in [-0.05, 0) is 37.6 Å². The van der Waals surface area contributed by atoms with Crippen molar-refractivity contribution in [3.05, 3.63) is 53.9 Å². The smallest absolute Gasteiger partial charge is 0.258 e. The molecule has 0 spiro atoms. The molecule has 0 saturated carbocycles. The second kappa shape index (κ2) is 6.69. The summed E-state index contributed by atoms with van der Waals surface area (Å²) < 4.78 is 11.2. The van der Waals surface area contributed by atoms with Gasteiger partial charge in [-0.2, -0.15) is 0 Å². The fourth-order valence-corrected chi connectivity index (χ4v) is 2.57. The summed E-state index contributed by atoms with van der Waals surface area (Å²) in [6.07, 6.45) is 3.51. The minimum atomic E-state index is -0.0637. The summed E-state index contributed by atoms with van der Waals surface area (Å²) in [6.45, 7) is 5.48. The van der Waals surface area contributed by atoms with Crippen LogP contribution in [0.25, 0.3) is 0 Å². The monoisotopic (exact) mass is 312 g/mol. The van der Waals surface area contributed by atoms with E-state index in [9.17, 15) is 4.79 Å². The Labute approximate surface area is 135 Å². The lowest BCUT2D eigenvalue weighted by molar-refractivity contribution is 0.0680. The van der Waals surface area contributed by atoms with Gasteiger partial charge in [0.05, 0.1) is 5.56 Å². The molecular weight excluding hydrogens is 292 g/mol. The molecule has 0 bridgehead atoms. The summed E-state index contributed by atoms with van der Waals surface area (Å²) in [7, 11) is 0. The molecule has 0 fully saturated rings. The van der Waals surface area contributed by atoms with Gasteiger partial charge in [0, 0.05) is 25.0 Å². The van der Waals surface area contributed by atoms with Crippen LogP contribution < -0.4 is 9.47 Å². The van der Waals surface area contributed by atoms with Gasteiger partial charge < -0.3 is 14.4 Å². The molecule has 0 atom stereocenters. The lowest BCUT2D eigenvalue weighted by atomic mass is 10.1. The van der Waals surface area contributed by atoms with Crippen LogP contribution in [-0.4, -0.2) is 35.0 Å². The van der Waals surface area contributed by atoms with E-state index in [2.05, 4.69) is 4.98 Å². The van der Waals surface area contributed by atoms with Crippen molar-refractivity contribution in [3.63, 3.8) is 0 Å². The molecule has 3 rings (SSSR count). The zero-order chi connectivity index (χ0) is 16.2. The van der Waals surface area contributed by atoms with Crippen LogP contribution in [0, 0.1) is 0 Å². The Balaban J connectivity index is 1.90. The van der Waals surface area contributed by atoms with Crippen molar-refractivity contribution in [2.24, 2.45) is 0 Å². The normalized spacial score (nSPS) is 13.0. The van der Waals surface area contributed by atoms with E-state index in [-0.39, 0.29) is 11.9 Å². The van der Waals surface area contributed by atoms with Crippen molar-refractivity contribution in [2.45, 2.75) is 26.4 Å². The number of hydrogen-bond acceptors (Lipinski definition) is 4. The molecule has 0 saturated heterocycles. The second-order valence-electron chi connectivity index (χ2n) is 5.72. The SMILES string of the molecule is CC(C)N(Cc1cccnc1)C(=O)c1cccc2c1OCCO2. The van der Waals surface area contributed by atoms with Crippen LogP contribution in [0.2, 0.25) is 0 Å². The first-order valence-electron chi connectivity index (χ1n) is 7.75. The van der Waals surface area contributed by atoms with E-state index in [1.807, 2.05) is 43.0 Å². The number of hydrogen-bond donors (Lipinski definition) is 0. The first-order chi connectivity index (χ1) is 11.2. The molecule has 1 aromatic carbocycles. The zero-order valence-corrected chi connectivity index (χ0v) is 13.4. The third kappa shape index (κ3) is 3.28. The molecule has 1 amide bonds. The van der Waals surface area contributed by atoms with Gasteiger partial charge in [-0.1, -0.05) is 12.1 Å². The van der Waals surface area contributed by atoms with Gasteiger partial charge in [-0.25, -0.2) is 0 Å². The maximum absolute atomic E-state index is 13.0. The van der Waals surface area contributed by atoms with Crippen LogP contribution in [0.5, 0.6) is 11.5 Å². The van der Waals surface area contributed by atoms with Gasteiger partial charge in [-0.15, -0.1) is 0 Å². The standard InChI is InChI=1S/C18H20N2O3/c1-13(2)20(12-14-5-4-8-19-11-14)18(21)15-6-3-7-16-17(15)23-10-9-22-16/h3-8,11,13H,9-10,12H2,1-2H3. The van der Waals surface area contributed by atoms with E-state index in [4.69, 9.17) is 9.47 Å². The number of pyridine rings is 1. The van der Waals surface area contributed by atoms with Crippen molar-refractivity contribution in [1.82, 2.24) is 9.88 Å². The number of carbonyl (C=O) groups excluding carboxylic acids is 1. The molecule has 23 heavy (non-hydrogen) atoms. The number of fused-ring (bicyclic) bond motifs is 1. The maximum Gasteiger partial charge on any atom is 0.258 e. The number of aromatic nitrogens is 1. The number of carbonyl (C=O) groups is 1. The number of benzene rings is 1. The van der Waals surface area contributed by atoms with Crippen LogP contribution in [0.1, 0.15) is 29.8 Å². The average Bonchev–Trinajstić information content (AvgIpc) is 2.59. The molecule has 1 aromatic heterocycles. The van der Waals surface area contributed by atoms with Gasteiger partial charge in [0.25, 0.3) is 5.91 Å². The molecule has 2 heterocycles. The van der Waals surface area contributed by atoms with Crippen LogP contribution in [0.15, 0.2) is 42.7 Å². The van der Waals surface area contributed by atoms with Crippen LogP contribution in [0.4, 0.5) is 0 Å². The molecule has 0 radical (unpaired) electrons. The minimum absolute atomic E-state index is 0.0584. The van der Waals surface area contributed by atoms with Crippen molar-refractivity contribution in [1.29, 1.82) is 0 Å². The van der Waals surface area contributed by atoms with E-state index in [0.29, 0.717) is 36.8 Å². The molecule has 1 aliphatic rings. The Morgan fingerprint density at radius 2 is 2.04 bits per heavy atom. The molecule has 0 N–H and O–H groups in total. The summed E-state index contributed by atoms with van der Waals surface area (Å²) in [5, 5.41) is 0. The molecule has 5 nitrogen and oxygen atoms in total. The van der Waals surface area contributed by atoms with Crippen LogP contribution in [-0.2, 0) is 6.54 Å². The first kappa shape index (κ1) is 15.3. The highest BCUT2D eigenvalue weighted by atomic mass is 16.6. The number of amides is 1. The van der Waals surface area contributed by atoms with E-state index >= 15 is 0 Å². The summed E-state index contributed by atoms with van der Waals surface area (Å²) >= 11 is 0. The van der Waals surface area contributed by atoms with Crippen LogP contribution >= 0.6 is 0 Å². The topological polar surface area (TPSA) is 51.7 Å². The largest absolute Gasteiger partial charge is 0.486 e. The lowest BCUT2D eigenvalue weighted by Gasteiger charge is -2.29. The number of nitrogens with zero attached hydrogens (tertiary/aromatic N) is 2. The highest BCUT2D eigenvalue weighted by molar-refractivity contribution is 5.98. The third-order valence-corrected chi connectivity index (χ3v) is 3.76. The zero-order valence-electron chi connectivity index (χ0n) is 13.4. The Morgan fingerprint density at radius 3 is 2.78 bits per heavy atom. The molecule has 1 aliphatic heterocycles. The van der Waals surface area contributed by atoms with Gasteiger partial charge in [0.15, 0.2) is 11.5 Å². The Morgan fingerprint density at radius 1 is 1.22 bits per heavy atom. The Bertz CT molecular complexity index is 686. The van der Waals surface area contributed by atoms with Crippen molar-refractivity contribution >= 4 is 5.91 Å². The van der Waals surface area contributed by atoms with Crippen LogP contribution in [0.3, 0.4) is 0 Å². The van der Waals surface area contributed by atoms with Gasteiger partial charge in [-0.3, -0.25) is 9.78 Å². The maximum atomic E-state index is 13.0. The minimum Gasteiger partial charge on any atom is -0.486 e. The van der Waals surface area contributed by atoms with Crippen molar-refractivity contribution in [2.75, 3.05) is 13.2 Å². The average molecular weight is 312 g/mol. The predicted octanol–water partition coefficient (Wildman–Crippen LogP) is 2.90. The van der Waals surface area contributed by atoms with E-state index in [1.54, 1.807) is 18.5 Å². The van der Waals surface area contributed by atoms with Crippen molar-refractivity contribution < 1.29 is 14.3 Å². The van der Waals surface area contributed by atoms with E-state index < -0.39 is 0 Å². The summed E-state index contributed by atoms with van der Waals surface area (Å²) in [6, 6.07) is 9.34. The summed E-state index contributed by atoms with van der Waals surface area (Å²) in [5.74, 6) is 1.11. The highest BCUT2D eigenvalue weighted by Gasteiger charge is 2.26. The highest BCUT2D eigenvalue weighted by Crippen LogP contribution is 2.34. The number of ether oxygens (including phenoxy) is 2. The summed E-state index contributed by atoms with van der Waals surface area (Å²) in [5.41, 5.74) is 1.54. The second-order valence-corrected chi connectivity index (χ2v) is 5.72.